The maximum absolute atomic E-state index is 12.9. The van der Waals surface area contributed by atoms with Crippen molar-refractivity contribution in [3.63, 3.8) is 0 Å². The highest BCUT2D eigenvalue weighted by Gasteiger charge is 2.28. The van der Waals surface area contributed by atoms with Gasteiger partial charge in [-0.3, -0.25) is 19.3 Å². The van der Waals surface area contributed by atoms with Crippen LogP contribution in [0.2, 0.25) is 5.02 Å². The molecule has 1 N–H and O–H groups in total. The molecule has 2 heterocycles. The molecular weight excluding hydrogens is 402 g/mol. The Labute approximate surface area is 178 Å². The average molecular weight is 422 g/mol. The van der Waals surface area contributed by atoms with E-state index in [0.29, 0.717) is 35.8 Å². The number of amides is 3. The molecule has 1 aliphatic rings. The van der Waals surface area contributed by atoms with Gasteiger partial charge in [0.1, 0.15) is 0 Å². The molecule has 7 heteroatoms. The zero-order chi connectivity index (χ0) is 21.1. The van der Waals surface area contributed by atoms with E-state index < -0.39 is 0 Å². The van der Waals surface area contributed by atoms with Crippen molar-refractivity contribution in [3.05, 3.63) is 65.2 Å². The second-order valence-electron chi connectivity index (χ2n) is 7.13. The van der Waals surface area contributed by atoms with E-state index in [-0.39, 0.29) is 30.6 Å². The third-order valence-electron chi connectivity index (χ3n) is 5.10. The van der Waals surface area contributed by atoms with E-state index in [9.17, 15) is 14.4 Å². The molecule has 30 heavy (non-hydrogen) atoms. The highest BCUT2D eigenvalue weighted by atomic mass is 35.5. The normalized spacial score (nSPS) is 13.8. The van der Waals surface area contributed by atoms with Gasteiger partial charge in [0.25, 0.3) is 5.91 Å². The SMILES string of the molecule is O=C(NCCCN1C(=O)CCC1=O)c1cc(-c2ccc(Cl)cc2)nc2ccccc12. The molecule has 2 aromatic carbocycles. The summed E-state index contributed by atoms with van der Waals surface area (Å²) >= 11 is 5.98. The minimum atomic E-state index is -0.220. The van der Waals surface area contributed by atoms with Gasteiger partial charge >= 0.3 is 0 Å². The number of nitrogens with one attached hydrogen (secondary N) is 1. The number of halogens is 1. The summed E-state index contributed by atoms with van der Waals surface area (Å²) in [6.45, 7) is 0.688. The lowest BCUT2D eigenvalue weighted by atomic mass is 10.0. The molecule has 1 aliphatic heterocycles. The van der Waals surface area contributed by atoms with Gasteiger partial charge in [-0.05, 0) is 30.7 Å². The number of hydrogen-bond acceptors (Lipinski definition) is 4. The van der Waals surface area contributed by atoms with Crippen LogP contribution in [0.15, 0.2) is 54.6 Å². The number of aromatic nitrogens is 1. The van der Waals surface area contributed by atoms with Gasteiger partial charge in [-0.15, -0.1) is 0 Å². The molecule has 6 nitrogen and oxygen atoms in total. The van der Waals surface area contributed by atoms with Crippen molar-refractivity contribution in [3.8, 4) is 11.3 Å². The van der Waals surface area contributed by atoms with Crippen LogP contribution in [0, 0.1) is 0 Å². The number of benzene rings is 2. The van der Waals surface area contributed by atoms with E-state index in [1.165, 1.54) is 4.90 Å². The van der Waals surface area contributed by atoms with Crippen LogP contribution in [0.4, 0.5) is 0 Å². The Bertz CT molecular complexity index is 1110. The second kappa shape index (κ2) is 8.63. The number of carbonyl (C=O) groups excluding carboxylic acids is 3. The fraction of sp³-hybridized carbons (Fsp3) is 0.217. The lowest BCUT2D eigenvalue weighted by molar-refractivity contribution is -0.138. The first kappa shape index (κ1) is 20.0. The van der Waals surface area contributed by atoms with Crippen molar-refractivity contribution in [2.45, 2.75) is 19.3 Å². The fourth-order valence-electron chi connectivity index (χ4n) is 3.54. The van der Waals surface area contributed by atoms with Gasteiger partial charge in [-0.1, -0.05) is 41.9 Å². The van der Waals surface area contributed by atoms with Gasteiger partial charge < -0.3 is 5.32 Å². The first-order valence-electron chi connectivity index (χ1n) is 9.80. The molecular formula is C23H20ClN3O3. The Morgan fingerprint density at radius 1 is 1.03 bits per heavy atom. The number of nitrogens with zero attached hydrogens (tertiary/aromatic N) is 2. The maximum atomic E-state index is 12.9. The molecule has 0 aliphatic carbocycles. The molecule has 0 unspecified atom stereocenters. The zero-order valence-electron chi connectivity index (χ0n) is 16.2. The van der Waals surface area contributed by atoms with E-state index >= 15 is 0 Å². The number of fused-ring (bicyclic) bond motifs is 1. The van der Waals surface area contributed by atoms with Crippen LogP contribution in [0.1, 0.15) is 29.6 Å². The Morgan fingerprint density at radius 3 is 2.47 bits per heavy atom. The lowest BCUT2D eigenvalue weighted by Crippen LogP contribution is -2.33. The number of carbonyl (C=O) groups is 3. The third-order valence-corrected chi connectivity index (χ3v) is 5.35. The van der Waals surface area contributed by atoms with Gasteiger partial charge in [0.05, 0.1) is 16.8 Å². The Morgan fingerprint density at radius 2 is 1.73 bits per heavy atom. The summed E-state index contributed by atoms with van der Waals surface area (Å²) in [5.74, 6) is -0.499. The Balaban J connectivity index is 1.52. The first-order valence-corrected chi connectivity index (χ1v) is 10.2. The highest BCUT2D eigenvalue weighted by molar-refractivity contribution is 6.30. The Kier molecular flexibility index (Phi) is 5.77. The molecule has 4 rings (SSSR count). The number of rotatable bonds is 6. The highest BCUT2D eigenvalue weighted by Crippen LogP contribution is 2.26. The van der Waals surface area contributed by atoms with Crippen LogP contribution in [-0.2, 0) is 9.59 Å². The molecule has 0 spiro atoms. The van der Waals surface area contributed by atoms with Crippen molar-refractivity contribution in [1.29, 1.82) is 0 Å². The van der Waals surface area contributed by atoms with Gasteiger partial charge in [0.15, 0.2) is 0 Å². The topological polar surface area (TPSA) is 79.4 Å². The third kappa shape index (κ3) is 4.19. The smallest absolute Gasteiger partial charge is 0.252 e. The summed E-state index contributed by atoms with van der Waals surface area (Å²) in [4.78, 5) is 42.2. The second-order valence-corrected chi connectivity index (χ2v) is 7.56. The quantitative estimate of drug-likeness (QED) is 0.484. The van der Waals surface area contributed by atoms with E-state index in [0.717, 1.165) is 16.5 Å². The molecule has 3 amide bonds. The van der Waals surface area contributed by atoms with Crippen LogP contribution in [-0.4, -0.2) is 40.7 Å². The predicted molar refractivity (Wildman–Crippen MR) is 115 cm³/mol. The predicted octanol–water partition coefficient (Wildman–Crippen LogP) is 3.82. The number of hydrogen-bond donors (Lipinski definition) is 1. The molecule has 1 fully saturated rings. The number of imide groups is 1. The monoisotopic (exact) mass is 421 g/mol. The van der Waals surface area contributed by atoms with E-state index in [2.05, 4.69) is 10.3 Å². The van der Waals surface area contributed by atoms with Crippen molar-refractivity contribution in [2.75, 3.05) is 13.1 Å². The molecule has 152 valence electrons. The number of pyridine rings is 1. The van der Waals surface area contributed by atoms with E-state index in [1.807, 2.05) is 36.4 Å². The standard InChI is InChI=1S/C23H20ClN3O3/c24-16-8-6-15(7-9-16)20-14-18(17-4-1-2-5-19(17)26-20)23(30)25-12-3-13-27-21(28)10-11-22(27)29/h1-2,4-9,14H,3,10-13H2,(H,25,30). The van der Waals surface area contributed by atoms with Crippen molar-refractivity contribution >= 4 is 40.2 Å². The fourth-order valence-corrected chi connectivity index (χ4v) is 3.66. The summed E-state index contributed by atoms with van der Waals surface area (Å²) in [7, 11) is 0. The molecule has 0 bridgehead atoms. The first-order chi connectivity index (χ1) is 14.5. The molecule has 0 radical (unpaired) electrons. The molecule has 1 aromatic heterocycles. The molecule has 0 atom stereocenters. The van der Waals surface area contributed by atoms with Crippen LogP contribution >= 0.6 is 11.6 Å². The molecule has 0 saturated carbocycles. The van der Waals surface area contributed by atoms with Crippen LogP contribution < -0.4 is 5.32 Å². The lowest BCUT2D eigenvalue weighted by Gasteiger charge is -2.14. The summed E-state index contributed by atoms with van der Waals surface area (Å²) < 4.78 is 0. The largest absolute Gasteiger partial charge is 0.352 e. The van der Waals surface area contributed by atoms with Gasteiger partial charge in [0.2, 0.25) is 11.8 Å². The maximum Gasteiger partial charge on any atom is 0.252 e. The van der Waals surface area contributed by atoms with Gasteiger partial charge in [-0.2, -0.15) is 0 Å². The molecule has 1 saturated heterocycles. The minimum absolute atomic E-state index is 0.140. The van der Waals surface area contributed by atoms with Crippen molar-refractivity contribution in [2.24, 2.45) is 0 Å². The van der Waals surface area contributed by atoms with E-state index in [4.69, 9.17) is 11.6 Å². The summed E-state index contributed by atoms with van der Waals surface area (Å²) in [5.41, 5.74) is 2.80. The van der Waals surface area contributed by atoms with Crippen LogP contribution in [0.3, 0.4) is 0 Å². The summed E-state index contributed by atoms with van der Waals surface area (Å²) in [6.07, 6.45) is 1.07. The minimum Gasteiger partial charge on any atom is -0.352 e. The van der Waals surface area contributed by atoms with Gasteiger partial charge in [0, 0.05) is 41.9 Å². The van der Waals surface area contributed by atoms with Crippen LogP contribution in [0.5, 0.6) is 0 Å². The van der Waals surface area contributed by atoms with Gasteiger partial charge in [-0.25, -0.2) is 4.98 Å². The van der Waals surface area contributed by atoms with Crippen molar-refractivity contribution < 1.29 is 14.4 Å². The zero-order valence-corrected chi connectivity index (χ0v) is 17.0. The number of likely N-dealkylation sites (tertiary alicyclic amines) is 1. The Hall–Kier alpha value is -3.25. The van der Waals surface area contributed by atoms with Crippen molar-refractivity contribution in [1.82, 2.24) is 15.2 Å². The molecule has 3 aromatic rings. The summed E-state index contributed by atoms with van der Waals surface area (Å²) in [5, 5.41) is 4.29. The average Bonchev–Trinajstić information content (AvgIpc) is 3.08. The van der Waals surface area contributed by atoms with E-state index in [1.54, 1.807) is 18.2 Å². The summed E-state index contributed by atoms with van der Waals surface area (Å²) in [6, 6.07) is 16.6. The van der Waals surface area contributed by atoms with Crippen LogP contribution in [0.25, 0.3) is 22.2 Å². The number of para-hydroxylation sites is 1.